The van der Waals surface area contributed by atoms with Gasteiger partial charge in [0.25, 0.3) is 0 Å². The van der Waals surface area contributed by atoms with E-state index in [4.69, 9.17) is 4.74 Å². The van der Waals surface area contributed by atoms with E-state index < -0.39 is 0 Å². The van der Waals surface area contributed by atoms with Crippen molar-refractivity contribution >= 4 is 0 Å². The SMILES string of the molecule is CCCCCCCC#COCc1ccccc1. The topological polar surface area (TPSA) is 9.23 Å². The molecular weight excluding hydrogens is 208 g/mol. The van der Waals surface area contributed by atoms with Gasteiger partial charge in [0.05, 0.1) is 0 Å². The quantitative estimate of drug-likeness (QED) is 0.494. The van der Waals surface area contributed by atoms with Gasteiger partial charge in [-0.1, -0.05) is 68.9 Å². The number of unbranched alkanes of at least 4 members (excludes halogenated alkanes) is 5. The molecule has 0 fully saturated rings. The zero-order valence-corrected chi connectivity index (χ0v) is 10.7. The lowest BCUT2D eigenvalue weighted by Crippen LogP contribution is -1.85. The fraction of sp³-hybridized carbons (Fsp3) is 0.500. The van der Waals surface area contributed by atoms with Crippen LogP contribution in [-0.2, 0) is 11.3 Å². The van der Waals surface area contributed by atoms with Crippen molar-refractivity contribution in [1.29, 1.82) is 0 Å². The van der Waals surface area contributed by atoms with Crippen LogP contribution in [0.1, 0.15) is 51.0 Å². The molecule has 0 bridgehead atoms. The van der Waals surface area contributed by atoms with Gasteiger partial charge in [-0.15, -0.1) is 0 Å². The molecule has 1 rings (SSSR count). The predicted octanol–water partition coefficient (Wildman–Crippen LogP) is 4.52. The van der Waals surface area contributed by atoms with Crippen LogP contribution in [0, 0.1) is 12.0 Å². The molecule has 0 aromatic heterocycles. The summed E-state index contributed by atoms with van der Waals surface area (Å²) in [6, 6.07) is 10.1. The highest BCUT2D eigenvalue weighted by Gasteiger charge is 1.88. The molecule has 0 heterocycles. The fourth-order valence-electron chi connectivity index (χ4n) is 1.61. The summed E-state index contributed by atoms with van der Waals surface area (Å²) < 4.78 is 5.29. The molecular formula is C16H22O. The summed E-state index contributed by atoms with van der Waals surface area (Å²) in [5.74, 6) is 3.06. The normalized spacial score (nSPS) is 9.47. The summed E-state index contributed by atoms with van der Waals surface area (Å²) in [5.41, 5.74) is 1.17. The maximum absolute atomic E-state index is 5.29. The van der Waals surface area contributed by atoms with Crippen molar-refractivity contribution < 1.29 is 4.74 Å². The van der Waals surface area contributed by atoms with E-state index in [9.17, 15) is 0 Å². The zero-order valence-electron chi connectivity index (χ0n) is 10.7. The Hall–Kier alpha value is -1.42. The maximum atomic E-state index is 5.29. The summed E-state index contributed by atoms with van der Waals surface area (Å²) in [4.78, 5) is 0. The Bertz CT molecular complexity index is 332. The second-order valence-electron chi connectivity index (χ2n) is 4.22. The van der Waals surface area contributed by atoms with E-state index in [1.165, 1.54) is 37.7 Å². The molecule has 0 aliphatic carbocycles. The molecule has 0 spiro atoms. The van der Waals surface area contributed by atoms with Crippen LogP contribution < -0.4 is 0 Å². The summed E-state index contributed by atoms with van der Waals surface area (Å²) in [7, 11) is 0. The number of hydrogen-bond acceptors (Lipinski definition) is 1. The molecule has 0 saturated carbocycles. The Balaban J connectivity index is 2.00. The van der Waals surface area contributed by atoms with Crippen LogP contribution in [0.25, 0.3) is 0 Å². The van der Waals surface area contributed by atoms with Crippen LogP contribution in [-0.4, -0.2) is 0 Å². The van der Waals surface area contributed by atoms with Crippen LogP contribution in [0.15, 0.2) is 30.3 Å². The van der Waals surface area contributed by atoms with Gasteiger partial charge in [0.2, 0.25) is 0 Å². The highest BCUT2D eigenvalue weighted by Crippen LogP contribution is 2.04. The van der Waals surface area contributed by atoms with Crippen LogP contribution in [0.4, 0.5) is 0 Å². The molecule has 17 heavy (non-hydrogen) atoms. The van der Waals surface area contributed by atoms with Gasteiger partial charge in [-0.3, -0.25) is 0 Å². The Morgan fingerprint density at radius 1 is 1.00 bits per heavy atom. The molecule has 0 saturated heterocycles. The van der Waals surface area contributed by atoms with Crippen molar-refractivity contribution in [2.24, 2.45) is 0 Å². The van der Waals surface area contributed by atoms with E-state index in [-0.39, 0.29) is 0 Å². The van der Waals surface area contributed by atoms with Gasteiger partial charge in [0.15, 0.2) is 0 Å². The number of ether oxygens (including phenoxy) is 1. The van der Waals surface area contributed by atoms with Crippen molar-refractivity contribution in [2.45, 2.75) is 52.1 Å². The maximum Gasteiger partial charge on any atom is 0.125 e. The first-order chi connectivity index (χ1) is 8.43. The predicted molar refractivity (Wildman–Crippen MR) is 72.4 cm³/mol. The van der Waals surface area contributed by atoms with E-state index in [1.807, 2.05) is 30.3 Å². The van der Waals surface area contributed by atoms with Crippen molar-refractivity contribution in [3.63, 3.8) is 0 Å². The molecule has 1 nitrogen and oxygen atoms in total. The molecule has 0 atom stereocenters. The van der Waals surface area contributed by atoms with E-state index in [2.05, 4.69) is 19.0 Å². The molecule has 0 amide bonds. The van der Waals surface area contributed by atoms with Crippen LogP contribution in [0.3, 0.4) is 0 Å². The second-order valence-corrected chi connectivity index (χ2v) is 4.22. The van der Waals surface area contributed by atoms with E-state index >= 15 is 0 Å². The highest BCUT2D eigenvalue weighted by atomic mass is 16.5. The molecule has 0 radical (unpaired) electrons. The Labute approximate surface area is 105 Å². The first-order valence-corrected chi connectivity index (χ1v) is 6.57. The summed E-state index contributed by atoms with van der Waals surface area (Å²) in [5, 5.41) is 0. The highest BCUT2D eigenvalue weighted by molar-refractivity contribution is 5.13. The monoisotopic (exact) mass is 230 g/mol. The fourth-order valence-corrected chi connectivity index (χ4v) is 1.61. The van der Waals surface area contributed by atoms with Crippen molar-refractivity contribution in [2.75, 3.05) is 0 Å². The standard InChI is InChI=1S/C16H22O/c1-2-3-4-5-6-7-11-14-17-15-16-12-9-8-10-13-16/h8-10,12-13H,2-7,15H2,1H3. The second kappa shape index (κ2) is 9.78. The molecule has 1 heteroatoms. The lowest BCUT2D eigenvalue weighted by Gasteiger charge is -1.97. The third kappa shape index (κ3) is 7.47. The van der Waals surface area contributed by atoms with Crippen LogP contribution in [0.2, 0.25) is 0 Å². The Kier molecular flexibility index (Phi) is 7.85. The van der Waals surface area contributed by atoms with Crippen LogP contribution >= 0.6 is 0 Å². The number of hydrogen-bond donors (Lipinski definition) is 0. The third-order valence-electron chi connectivity index (χ3n) is 2.63. The summed E-state index contributed by atoms with van der Waals surface area (Å²) >= 11 is 0. The van der Waals surface area contributed by atoms with E-state index in [0.29, 0.717) is 6.61 Å². The number of rotatable bonds is 7. The lowest BCUT2D eigenvalue weighted by atomic mass is 10.1. The summed E-state index contributed by atoms with van der Waals surface area (Å²) in [6.07, 6.45) is 10.2. The van der Waals surface area contributed by atoms with Gasteiger partial charge in [0.1, 0.15) is 12.7 Å². The Morgan fingerprint density at radius 2 is 1.76 bits per heavy atom. The molecule has 0 N–H and O–H groups in total. The molecule has 1 aromatic carbocycles. The molecule has 92 valence electrons. The van der Waals surface area contributed by atoms with Gasteiger partial charge < -0.3 is 4.74 Å². The van der Waals surface area contributed by atoms with Crippen LogP contribution in [0.5, 0.6) is 0 Å². The van der Waals surface area contributed by atoms with Gasteiger partial charge in [-0.25, -0.2) is 0 Å². The average molecular weight is 230 g/mol. The first-order valence-electron chi connectivity index (χ1n) is 6.57. The molecule has 1 aromatic rings. The zero-order chi connectivity index (χ0) is 12.2. The third-order valence-corrected chi connectivity index (χ3v) is 2.63. The summed E-state index contributed by atoms with van der Waals surface area (Å²) in [6.45, 7) is 2.82. The van der Waals surface area contributed by atoms with Crippen molar-refractivity contribution in [1.82, 2.24) is 0 Å². The van der Waals surface area contributed by atoms with Gasteiger partial charge >= 0.3 is 0 Å². The minimum absolute atomic E-state index is 0.587. The van der Waals surface area contributed by atoms with Gasteiger partial charge in [0, 0.05) is 6.42 Å². The molecule has 0 aliphatic rings. The average Bonchev–Trinajstić information content (AvgIpc) is 2.38. The van der Waals surface area contributed by atoms with E-state index in [1.54, 1.807) is 0 Å². The molecule has 0 unspecified atom stereocenters. The van der Waals surface area contributed by atoms with Gasteiger partial charge in [-0.2, -0.15) is 0 Å². The number of benzene rings is 1. The minimum Gasteiger partial charge on any atom is -0.442 e. The largest absolute Gasteiger partial charge is 0.442 e. The smallest absolute Gasteiger partial charge is 0.125 e. The Morgan fingerprint density at radius 3 is 2.53 bits per heavy atom. The first kappa shape index (κ1) is 13.6. The van der Waals surface area contributed by atoms with Crippen molar-refractivity contribution in [3.05, 3.63) is 35.9 Å². The molecule has 0 aliphatic heterocycles. The lowest BCUT2D eigenvalue weighted by molar-refractivity contribution is 0.264. The van der Waals surface area contributed by atoms with Crippen molar-refractivity contribution in [3.8, 4) is 12.0 Å². The minimum atomic E-state index is 0.587. The van der Waals surface area contributed by atoms with Gasteiger partial charge in [-0.05, 0) is 12.0 Å². The van der Waals surface area contributed by atoms with E-state index in [0.717, 1.165) is 6.42 Å².